The van der Waals surface area contributed by atoms with Crippen LogP contribution in [-0.2, 0) is 28.6 Å². The van der Waals surface area contributed by atoms with E-state index in [1.807, 2.05) is 0 Å². The van der Waals surface area contributed by atoms with Crippen LogP contribution in [0.3, 0.4) is 0 Å². The molecule has 0 aromatic carbocycles. The predicted octanol–water partition coefficient (Wildman–Crippen LogP) is 18.3. The Kier molecular flexibility index (Phi) is 50.8. The second-order valence-corrected chi connectivity index (χ2v) is 18.8. The first-order valence-corrected chi connectivity index (χ1v) is 27.8. The van der Waals surface area contributed by atoms with Crippen LogP contribution in [0.4, 0.5) is 0 Å². The molecule has 0 aromatic rings. The third-order valence-corrected chi connectivity index (χ3v) is 12.4. The van der Waals surface area contributed by atoms with Crippen LogP contribution in [0.25, 0.3) is 0 Å². The van der Waals surface area contributed by atoms with Gasteiger partial charge in [0.1, 0.15) is 13.2 Å². The maximum atomic E-state index is 12.7. The quantitative estimate of drug-likeness (QED) is 0.0262. The van der Waals surface area contributed by atoms with E-state index in [9.17, 15) is 14.4 Å². The third-order valence-electron chi connectivity index (χ3n) is 12.4. The van der Waals surface area contributed by atoms with Crippen LogP contribution in [-0.4, -0.2) is 37.2 Å². The molecule has 1 atom stereocenters. The average Bonchev–Trinajstić information content (AvgIpc) is 3.28. The minimum atomic E-state index is -0.768. The molecule has 6 nitrogen and oxygen atoms in total. The van der Waals surface area contributed by atoms with Gasteiger partial charge in [-0.25, -0.2) is 0 Å². The highest BCUT2D eigenvalue weighted by Crippen LogP contribution is 2.16. The molecule has 0 saturated heterocycles. The Labute approximate surface area is 392 Å². The minimum Gasteiger partial charge on any atom is -0.462 e. The predicted molar refractivity (Wildman–Crippen MR) is 270 cm³/mol. The van der Waals surface area contributed by atoms with Gasteiger partial charge in [0, 0.05) is 19.3 Å². The maximum absolute atomic E-state index is 12.7. The van der Waals surface area contributed by atoms with Crippen molar-refractivity contribution in [2.75, 3.05) is 13.2 Å². The number of ether oxygens (including phenoxy) is 3. The molecule has 0 aromatic heterocycles. The largest absolute Gasteiger partial charge is 0.462 e. The monoisotopic (exact) mass is 887 g/mol. The van der Waals surface area contributed by atoms with Crippen molar-refractivity contribution >= 4 is 17.9 Å². The number of rotatable bonds is 51. The molecule has 370 valence electrons. The van der Waals surface area contributed by atoms with E-state index in [1.165, 1.54) is 186 Å². The second-order valence-electron chi connectivity index (χ2n) is 18.8. The maximum Gasteiger partial charge on any atom is 0.306 e. The van der Waals surface area contributed by atoms with E-state index in [0.717, 1.165) is 77.0 Å². The molecular formula is C57H106O6. The number of allylic oxidation sites excluding steroid dienone is 4. The first kappa shape index (κ1) is 60.9. The zero-order valence-corrected chi connectivity index (χ0v) is 42.4. The molecule has 0 aliphatic carbocycles. The number of carbonyl (C=O) groups is 3. The molecule has 63 heavy (non-hydrogen) atoms. The SMILES string of the molecule is CCC/C=C\CCCCCCCC(=O)OC(COC(=O)CCCCCCCCCC)COC(=O)CCCCCCCCCCCCCCCCC/C=C\CCCCCCCCCC. The van der Waals surface area contributed by atoms with Gasteiger partial charge in [-0.3, -0.25) is 14.4 Å². The Morgan fingerprint density at radius 3 is 0.857 bits per heavy atom. The molecular weight excluding hydrogens is 781 g/mol. The van der Waals surface area contributed by atoms with Gasteiger partial charge in [0.2, 0.25) is 0 Å². The van der Waals surface area contributed by atoms with E-state index < -0.39 is 6.10 Å². The van der Waals surface area contributed by atoms with E-state index in [2.05, 4.69) is 45.1 Å². The number of hydrogen-bond acceptors (Lipinski definition) is 6. The van der Waals surface area contributed by atoms with E-state index in [0.29, 0.717) is 19.3 Å². The molecule has 0 fully saturated rings. The van der Waals surface area contributed by atoms with Crippen LogP contribution in [0.2, 0.25) is 0 Å². The molecule has 0 radical (unpaired) electrons. The van der Waals surface area contributed by atoms with Crippen molar-refractivity contribution in [3.05, 3.63) is 24.3 Å². The lowest BCUT2D eigenvalue weighted by molar-refractivity contribution is -0.167. The number of unbranched alkanes of at least 4 members (excludes halogenated alkanes) is 36. The summed E-state index contributed by atoms with van der Waals surface area (Å²) in [7, 11) is 0. The van der Waals surface area contributed by atoms with Crippen molar-refractivity contribution in [1.82, 2.24) is 0 Å². The van der Waals surface area contributed by atoms with Crippen molar-refractivity contribution < 1.29 is 28.6 Å². The fourth-order valence-corrected chi connectivity index (χ4v) is 8.21. The summed E-state index contributed by atoms with van der Waals surface area (Å²) in [5.41, 5.74) is 0. The number of hydrogen-bond donors (Lipinski definition) is 0. The summed E-state index contributed by atoms with van der Waals surface area (Å²) >= 11 is 0. The highest BCUT2D eigenvalue weighted by atomic mass is 16.6. The molecule has 0 heterocycles. The van der Waals surface area contributed by atoms with Crippen molar-refractivity contribution in [3.63, 3.8) is 0 Å². The van der Waals surface area contributed by atoms with Gasteiger partial charge < -0.3 is 14.2 Å². The van der Waals surface area contributed by atoms with Gasteiger partial charge in [-0.2, -0.15) is 0 Å². The van der Waals surface area contributed by atoms with Gasteiger partial charge in [-0.05, 0) is 64.2 Å². The van der Waals surface area contributed by atoms with Crippen molar-refractivity contribution in [2.24, 2.45) is 0 Å². The van der Waals surface area contributed by atoms with Crippen LogP contribution in [0.15, 0.2) is 24.3 Å². The summed E-state index contributed by atoms with van der Waals surface area (Å²) in [4.78, 5) is 37.8. The third kappa shape index (κ3) is 50.7. The lowest BCUT2D eigenvalue weighted by Gasteiger charge is -2.18. The lowest BCUT2D eigenvalue weighted by atomic mass is 10.0. The fourth-order valence-electron chi connectivity index (χ4n) is 8.21. The van der Waals surface area contributed by atoms with Crippen molar-refractivity contribution in [2.45, 2.75) is 309 Å². The summed E-state index contributed by atoms with van der Waals surface area (Å²) in [5.74, 6) is -0.874. The molecule has 0 N–H and O–H groups in total. The second kappa shape index (κ2) is 52.5. The number of esters is 3. The van der Waals surface area contributed by atoms with Crippen LogP contribution < -0.4 is 0 Å². The Morgan fingerprint density at radius 2 is 0.556 bits per heavy atom. The Balaban J connectivity index is 4.01. The summed E-state index contributed by atoms with van der Waals surface area (Å²) in [6.07, 6.45) is 60.6. The molecule has 1 unspecified atom stereocenters. The molecule has 0 spiro atoms. The number of carbonyl (C=O) groups excluding carboxylic acids is 3. The average molecular weight is 887 g/mol. The van der Waals surface area contributed by atoms with E-state index in [-0.39, 0.29) is 31.1 Å². The highest BCUT2D eigenvalue weighted by molar-refractivity contribution is 5.71. The Hall–Kier alpha value is -2.11. The minimum absolute atomic E-state index is 0.0709. The molecule has 0 bridgehead atoms. The van der Waals surface area contributed by atoms with Crippen LogP contribution in [0.1, 0.15) is 303 Å². The molecule has 0 amide bonds. The lowest BCUT2D eigenvalue weighted by Crippen LogP contribution is -2.30. The highest BCUT2D eigenvalue weighted by Gasteiger charge is 2.19. The molecule has 6 heteroatoms. The van der Waals surface area contributed by atoms with E-state index in [4.69, 9.17) is 14.2 Å². The summed E-state index contributed by atoms with van der Waals surface area (Å²) in [6, 6.07) is 0. The van der Waals surface area contributed by atoms with Gasteiger partial charge in [0.15, 0.2) is 6.10 Å². The smallest absolute Gasteiger partial charge is 0.306 e. The Morgan fingerprint density at radius 1 is 0.302 bits per heavy atom. The molecule has 0 saturated carbocycles. The summed E-state index contributed by atoms with van der Waals surface area (Å²) < 4.78 is 16.7. The van der Waals surface area contributed by atoms with E-state index >= 15 is 0 Å². The van der Waals surface area contributed by atoms with Gasteiger partial charge in [0.25, 0.3) is 0 Å². The zero-order valence-electron chi connectivity index (χ0n) is 42.4. The van der Waals surface area contributed by atoms with Crippen molar-refractivity contribution in [1.29, 1.82) is 0 Å². The van der Waals surface area contributed by atoms with Crippen LogP contribution in [0, 0.1) is 0 Å². The van der Waals surface area contributed by atoms with Crippen molar-refractivity contribution in [3.8, 4) is 0 Å². The Bertz CT molecular complexity index is 1020. The molecule has 0 aliphatic heterocycles. The molecule has 0 rings (SSSR count). The summed E-state index contributed by atoms with van der Waals surface area (Å²) in [6.45, 7) is 6.57. The topological polar surface area (TPSA) is 78.9 Å². The zero-order chi connectivity index (χ0) is 45.8. The fraction of sp³-hybridized carbons (Fsp3) is 0.877. The first-order valence-electron chi connectivity index (χ1n) is 27.8. The van der Waals surface area contributed by atoms with Gasteiger partial charge >= 0.3 is 17.9 Å². The summed E-state index contributed by atoms with van der Waals surface area (Å²) in [5, 5.41) is 0. The first-order chi connectivity index (χ1) is 31.0. The van der Waals surface area contributed by atoms with E-state index in [1.54, 1.807) is 0 Å². The molecule has 0 aliphatic rings. The van der Waals surface area contributed by atoms with Gasteiger partial charge in [-0.1, -0.05) is 244 Å². The standard InChI is InChI=1S/C57H106O6/c1-4-7-10-13-16-19-21-22-23-24-25-26-27-28-29-30-31-32-33-34-35-36-37-39-41-44-47-50-56(59)62-53-54(52-61-55(58)49-46-43-40-18-15-12-9-6-3)63-57(60)51-48-45-42-38-20-17-14-11-8-5-2/h11,14,24-25,54H,4-10,12-13,15-23,26-53H2,1-3H3/b14-11-,25-24-. The van der Waals surface area contributed by atoms with Gasteiger partial charge in [-0.15, -0.1) is 0 Å². The normalized spacial score (nSPS) is 12.1. The van der Waals surface area contributed by atoms with Crippen LogP contribution >= 0.6 is 0 Å². The van der Waals surface area contributed by atoms with Gasteiger partial charge in [0.05, 0.1) is 0 Å². The van der Waals surface area contributed by atoms with Crippen LogP contribution in [0.5, 0.6) is 0 Å².